The van der Waals surface area contributed by atoms with E-state index in [1.54, 1.807) is 48.7 Å². The van der Waals surface area contributed by atoms with Crippen LogP contribution in [0.15, 0.2) is 47.3 Å². The van der Waals surface area contributed by atoms with Crippen LogP contribution in [-0.2, 0) is 17.8 Å². The van der Waals surface area contributed by atoms with E-state index in [4.69, 9.17) is 9.52 Å². The molecule has 0 aliphatic rings. The van der Waals surface area contributed by atoms with E-state index in [-0.39, 0.29) is 17.9 Å². The van der Waals surface area contributed by atoms with E-state index in [0.717, 1.165) is 5.56 Å². The van der Waals surface area contributed by atoms with Crippen LogP contribution in [0.5, 0.6) is 0 Å². The van der Waals surface area contributed by atoms with Crippen molar-refractivity contribution in [3.05, 3.63) is 59.5 Å². The van der Waals surface area contributed by atoms with Crippen LogP contribution < -0.4 is 0 Å². The highest BCUT2D eigenvalue weighted by Crippen LogP contribution is 2.12. The van der Waals surface area contributed by atoms with Gasteiger partial charge in [-0.25, -0.2) is 4.79 Å². The molecule has 104 valence electrons. The summed E-state index contributed by atoms with van der Waals surface area (Å²) in [4.78, 5) is 24.8. The number of carbonyl (C=O) groups excluding carboxylic acids is 1. The van der Waals surface area contributed by atoms with Crippen molar-refractivity contribution in [3.63, 3.8) is 0 Å². The minimum absolute atomic E-state index is 0.0663. The second-order valence-corrected chi connectivity index (χ2v) is 4.52. The predicted molar refractivity (Wildman–Crippen MR) is 72.3 cm³/mol. The second kappa shape index (κ2) is 6.06. The monoisotopic (exact) mass is 273 g/mol. The van der Waals surface area contributed by atoms with Crippen molar-refractivity contribution < 1.29 is 19.1 Å². The fraction of sp³-hybridized carbons (Fsp3) is 0.200. The summed E-state index contributed by atoms with van der Waals surface area (Å²) in [6.45, 7) is 0.435. The number of hydrogen-bond acceptors (Lipinski definition) is 3. The molecule has 1 heterocycles. The van der Waals surface area contributed by atoms with Crippen LogP contribution in [0.25, 0.3) is 0 Å². The maximum atomic E-state index is 12.1. The molecule has 1 aromatic heterocycles. The third-order valence-corrected chi connectivity index (χ3v) is 3.02. The molecule has 0 aliphatic carbocycles. The van der Waals surface area contributed by atoms with Crippen molar-refractivity contribution in [1.82, 2.24) is 4.90 Å². The molecule has 2 aromatic rings. The highest BCUT2D eigenvalue weighted by atomic mass is 16.4. The molecular formula is C15H15NO4. The molecule has 1 aromatic carbocycles. The van der Waals surface area contributed by atoms with Crippen molar-refractivity contribution >= 4 is 11.9 Å². The molecule has 0 saturated carbocycles. The van der Waals surface area contributed by atoms with E-state index in [9.17, 15) is 9.59 Å². The molecule has 5 heteroatoms. The fourth-order valence-electron chi connectivity index (χ4n) is 1.93. The molecule has 0 atom stereocenters. The molecule has 20 heavy (non-hydrogen) atoms. The van der Waals surface area contributed by atoms with Crippen LogP contribution >= 0.6 is 0 Å². The number of hydrogen-bond donors (Lipinski definition) is 1. The number of nitrogens with zero attached hydrogens (tertiary/aromatic N) is 1. The maximum absolute atomic E-state index is 12.1. The Bertz CT molecular complexity index is 604. The minimum atomic E-state index is -1.02. The molecule has 5 nitrogen and oxygen atoms in total. The Morgan fingerprint density at radius 1 is 1.25 bits per heavy atom. The number of carbonyl (C=O) groups is 2. The van der Waals surface area contributed by atoms with E-state index >= 15 is 0 Å². The van der Waals surface area contributed by atoms with Gasteiger partial charge in [-0.05, 0) is 17.7 Å². The Kier molecular flexibility index (Phi) is 4.20. The van der Waals surface area contributed by atoms with Gasteiger partial charge in [-0.3, -0.25) is 4.79 Å². The standard InChI is InChI=1S/C15H15NO4/c1-16(9-11-6-7-20-10-11)14(17)8-12-4-2-3-5-13(12)15(18)19/h2-7,10H,8-9H2,1H3,(H,18,19). The first-order valence-corrected chi connectivity index (χ1v) is 6.14. The van der Waals surface area contributed by atoms with E-state index in [1.807, 2.05) is 0 Å². The zero-order valence-electron chi connectivity index (χ0n) is 11.1. The number of carboxylic acids is 1. The zero-order chi connectivity index (χ0) is 14.5. The van der Waals surface area contributed by atoms with Gasteiger partial charge in [0.1, 0.15) is 0 Å². The molecule has 1 N–H and O–H groups in total. The van der Waals surface area contributed by atoms with E-state index in [0.29, 0.717) is 12.1 Å². The van der Waals surface area contributed by atoms with Gasteiger partial charge in [0.15, 0.2) is 0 Å². The Hall–Kier alpha value is -2.56. The predicted octanol–water partition coefficient (Wildman–Crippen LogP) is 2.18. The van der Waals surface area contributed by atoms with Crippen molar-refractivity contribution in [1.29, 1.82) is 0 Å². The summed E-state index contributed by atoms with van der Waals surface area (Å²) in [5.74, 6) is -1.16. The van der Waals surface area contributed by atoms with Gasteiger partial charge in [0.2, 0.25) is 5.91 Å². The molecule has 0 unspecified atom stereocenters. The van der Waals surface area contributed by atoms with E-state index in [2.05, 4.69) is 0 Å². The molecule has 0 saturated heterocycles. The van der Waals surface area contributed by atoms with Gasteiger partial charge in [0.25, 0.3) is 0 Å². The zero-order valence-corrected chi connectivity index (χ0v) is 11.1. The van der Waals surface area contributed by atoms with Crippen molar-refractivity contribution in [3.8, 4) is 0 Å². The first kappa shape index (κ1) is 13.9. The van der Waals surface area contributed by atoms with Crippen LogP contribution in [0, 0.1) is 0 Å². The number of furan rings is 1. The van der Waals surface area contributed by atoms with Gasteiger partial charge in [0, 0.05) is 19.2 Å². The van der Waals surface area contributed by atoms with Gasteiger partial charge < -0.3 is 14.4 Å². The Morgan fingerprint density at radius 3 is 2.65 bits per heavy atom. The number of aromatic carboxylic acids is 1. The summed E-state index contributed by atoms with van der Waals surface area (Å²) in [6, 6.07) is 8.32. The summed E-state index contributed by atoms with van der Waals surface area (Å²) in [5.41, 5.74) is 1.58. The lowest BCUT2D eigenvalue weighted by Gasteiger charge is -2.16. The summed E-state index contributed by atoms with van der Waals surface area (Å²) >= 11 is 0. The molecule has 0 fully saturated rings. The fourth-order valence-corrected chi connectivity index (χ4v) is 1.93. The topological polar surface area (TPSA) is 70.8 Å². The lowest BCUT2D eigenvalue weighted by Crippen LogP contribution is -2.28. The molecule has 0 aliphatic heterocycles. The maximum Gasteiger partial charge on any atom is 0.335 e. The number of benzene rings is 1. The molecule has 0 radical (unpaired) electrons. The van der Waals surface area contributed by atoms with Gasteiger partial charge in [0.05, 0.1) is 24.5 Å². The third-order valence-electron chi connectivity index (χ3n) is 3.02. The highest BCUT2D eigenvalue weighted by Gasteiger charge is 2.15. The first-order chi connectivity index (χ1) is 9.58. The lowest BCUT2D eigenvalue weighted by molar-refractivity contribution is -0.129. The number of likely N-dealkylation sites (N-methyl/N-ethyl adjacent to an activating group) is 1. The highest BCUT2D eigenvalue weighted by molar-refractivity contribution is 5.91. The number of rotatable bonds is 5. The lowest BCUT2D eigenvalue weighted by atomic mass is 10.0. The molecule has 1 amide bonds. The Morgan fingerprint density at radius 2 is 2.00 bits per heavy atom. The summed E-state index contributed by atoms with van der Waals surface area (Å²) in [7, 11) is 1.68. The quantitative estimate of drug-likeness (QED) is 0.906. The van der Waals surface area contributed by atoms with Crippen LogP contribution in [0.2, 0.25) is 0 Å². The van der Waals surface area contributed by atoms with Gasteiger partial charge >= 0.3 is 5.97 Å². The number of amides is 1. The summed E-state index contributed by atoms with van der Waals surface area (Å²) in [5, 5.41) is 9.09. The normalized spacial score (nSPS) is 10.2. The van der Waals surface area contributed by atoms with Crippen LogP contribution in [0.4, 0.5) is 0 Å². The molecule has 0 bridgehead atoms. The minimum Gasteiger partial charge on any atom is -0.478 e. The van der Waals surface area contributed by atoms with Crippen LogP contribution in [0.3, 0.4) is 0 Å². The van der Waals surface area contributed by atoms with Crippen LogP contribution in [-0.4, -0.2) is 28.9 Å². The summed E-state index contributed by atoms with van der Waals surface area (Å²) in [6.07, 6.45) is 3.19. The van der Waals surface area contributed by atoms with E-state index in [1.165, 1.54) is 6.07 Å². The SMILES string of the molecule is CN(Cc1ccoc1)C(=O)Cc1ccccc1C(=O)O. The second-order valence-electron chi connectivity index (χ2n) is 4.52. The molecule has 0 spiro atoms. The largest absolute Gasteiger partial charge is 0.478 e. The van der Waals surface area contributed by atoms with Gasteiger partial charge in [-0.15, -0.1) is 0 Å². The Labute approximate surface area is 116 Å². The average molecular weight is 273 g/mol. The number of carboxylic acid groups (broad SMARTS) is 1. The average Bonchev–Trinajstić information content (AvgIpc) is 2.91. The van der Waals surface area contributed by atoms with Gasteiger partial charge in [-0.1, -0.05) is 18.2 Å². The smallest absolute Gasteiger partial charge is 0.335 e. The van der Waals surface area contributed by atoms with Gasteiger partial charge in [-0.2, -0.15) is 0 Å². The first-order valence-electron chi connectivity index (χ1n) is 6.14. The van der Waals surface area contributed by atoms with Crippen molar-refractivity contribution in [2.75, 3.05) is 7.05 Å². The summed E-state index contributed by atoms with van der Waals surface area (Å²) < 4.78 is 4.95. The van der Waals surface area contributed by atoms with Crippen molar-refractivity contribution in [2.45, 2.75) is 13.0 Å². The van der Waals surface area contributed by atoms with E-state index < -0.39 is 5.97 Å². The Balaban J connectivity index is 2.06. The molecule has 2 rings (SSSR count). The van der Waals surface area contributed by atoms with Crippen LogP contribution in [0.1, 0.15) is 21.5 Å². The van der Waals surface area contributed by atoms with Crippen molar-refractivity contribution in [2.24, 2.45) is 0 Å². The third kappa shape index (κ3) is 3.26. The molecular weight excluding hydrogens is 258 g/mol.